The van der Waals surface area contributed by atoms with Gasteiger partial charge in [0.25, 0.3) is 0 Å². The first-order chi connectivity index (χ1) is 8.18. The number of nitrogens with two attached hydrogens (primary N) is 1. The Labute approximate surface area is 96.5 Å². The van der Waals surface area contributed by atoms with Gasteiger partial charge in [-0.25, -0.2) is 8.78 Å². The van der Waals surface area contributed by atoms with E-state index < -0.39 is 11.6 Å². The Morgan fingerprint density at radius 1 is 1.24 bits per heavy atom. The molecule has 2 aromatic rings. The molecule has 0 spiro atoms. The Kier molecular flexibility index (Phi) is 3.13. The van der Waals surface area contributed by atoms with Crippen molar-refractivity contribution in [2.24, 2.45) is 0 Å². The molecule has 0 amide bonds. The molecular formula is C11H10F2N4. The van der Waals surface area contributed by atoms with Gasteiger partial charge < -0.3 is 11.1 Å². The van der Waals surface area contributed by atoms with Gasteiger partial charge in [0.05, 0.1) is 23.6 Å². The summed E-state index contributed by atoms with van der Waals surface area (Å²) >= 11 is 0. The summed E-state index contributed by atoms with van der Waals surface area (Å²) in [4.78, 5) is 0. The lowest BCUT2D eigenvalue weighted by molar-refractivity contribution is 0.511. The number of aromatic nitrogens is 2. The van der Waals surface area contributed by atoms with Gasteiger partial charge in [-0.1, -0.05) is 0 Å². The van der Waals surface area contributed by atoms with Crippen molar-refractivity contribution in [1.29, 1.82) is 0 Å². The minimum atomic E-state index is -0.992. The lowest BCUT2D eigenvalue weighted by atomic mass is 10.2. The Morgan fingerprint density at radius 2 is 2.06 bits per heavy atom. The lowest BCUT2D eigenvalue weighted by Crippen LogP contribution is -2.07. The number of nitrogen functional groups attached to an aromatic ring is 1. The van der Waals surface area contributed by atoms with Gasteiger partial charge in [0.1, 0.15) is 0 Å². The van der Waals surface area contributed by atoms with Crippen LogP contribution in [0.3, 0.4) is 0 Å². The second kappa shape index (κ2) is 4.73. The first-order valence-corrected chi connectivity index (χ1v) is 4.92. The van der Waals surface area contributed by atoms with Crippen LogP contribution in [0, 0.1) is 11.6 Å². The molecule has 0 bridgehead atoms. The molecule has 1 aromatic heterocycles. The van der Waals surface area contributed by atoms with Crippen molar-refractivity contribution in [2.75, 3.05) is 11.1 Å². The number of nitrogens with zero attached hydrogens (tertiary/aromatic N) is 2. The Morgan fingerprint density at radius 3 is 2.76 bits per heavy atom. The third-order valence-electron chi connectivity index (χ3n) is 2.20. The lowest BCUT2D eigenvalue weighted by Gasteiger charge is -2.09. The molecule has 0 unspecified atom stereocenters. The highest BCUT2D eigenvalue weighted by molar-refractivity contribution is 5.66. The van der Waals surface area contributed by atoms with E-state index in [0.717, 1.165) is 6.07 Å². The first-order valence-electron chi connectivity index (χ1n) is 4.92. The number of hydrogen-bond acceptors (Lipinski definition) is 4. The second-order valence-corrected chi connectivity index (χ2v) is 3.39. The molecule has 0 aliphatic carbocycles. The van der Waals surface area contributed by atoms with Crippen LogP contribution in [0.2, 0.25) is 0 Å². The van der Waals surface area contributed by atoms with Gasteiger partial charge in [0.2, 0.25) is 0 Å². The summed E-state index contributed by atoms with van der Waals surface area (Å²) in [5.41, 5.74) is 6.24. The first kappa shape index (κ1) is 11.3. The minimum Gasteiger partial charge on any atom is -0.397 e. The maximum atomic E-state index is 13.4. The average Bonchev–Trinajstić information content (AvgIpc) is 2.35. The molecule has 1 aromatic carbocycles. The molecule has 88 valence electrons. The molecule has 1 heterocycles. The van der Waals surface area contributed by atoms with E-state index in [1.54, 1.807) is 12.1 Å². The molecule has 6 heteroatoms. The molecule has 3 N–H and O–H groups in total. The fourth-order valence-corrected chi connectivity index (χ4v) is 1.35. The van der Waals surface area contributed by atoms with E-state index in [0.29, 0.717) is 5.69 Å². The predicted octanol–water partition coefficient (Wildman–Crippen LogP) is 1.95. The largest absolute Gasteiger partial charge is 0.397 e. The van der Waals surface area contributed by atoms with Gasteiger partial charge in [0.15, 0.2) is 11.6 Å². The van der Waals surface area contributed by atoms with Crippen LogP contribution in [0.5, 0.6) is 0 Å². The molecule has 0 aliphatic heterocycles. The molecule has 0 radical (unpaired) electrons. The van der Waals surface area contributed by atoms with Crippen LogP contribution in [0.4, 0.5) is 20.2 Å². The number of hydrogen-bond donors (Lipinski definition) is 2. The van der Waals surface area contributed by atoms with Crippen molar-refractivity contribution < 1.29 is 8.78 Å². The molecule has 0 aliphatic rings. The van der Waals surface area contributed by atoms with Gasteiger partial charge in [0, 0.05) is 6.20 Å². The third-order valence-corrected chi connectivity index (χ3v) is 2.20. The maximum absolute atomic E-state index is 13.4. The quantitative estimate of drug-likeness (QED) is 0.799. The van der Waals surface area contributed by atoms with Crippen molar-refractivity contribution in [2.45, 2.75) is 6.54 Å². The van der Waals surface area contributed by atoms with E-state index in [1.165, 1.54) is 12.3 Å². The van der Waals surface area contributed by atoms with Crippen LogP contribution >= 0.6 is 0 Å². The summed E-state index contributed by atoms with van der Waals surface area (Å²) in [5.74, 6) is -1.94. The second-order valence-electron chi connectivity index (χ2n) is 3.39. The predicted molar refractivity (Wildman–Crippen MR) is 60.1 cm³/mol. The van der Waals surface area contributed by atoms with E-state index in [2.05, 4.69) is 15.5 Å². The van der Waals surface area contributed by atoms with Gasteiger partial charge in [-0.3, -0.25) is 0 Å². The number of anilines is 2. The zero-order valence-corrected chi connectivity index (χ0v) is 8.82. The highest BCUT2D eigenvalue weighted by Crippen LogP contribution is 2.24. The summed E-state index contributed by atoms with van der Waals surface area (Å²) in [6.45, 7) is 0.221. The van der Waals surface area contributed by atoms with Crippen LogP contribution in [-0.2, 0) is 6.54 Å². The van der Waals surface area contributed by atoms with Gasteiger partial charge in [-0.05, 0) is 24.3 Å². The number of rotatable bonds is 3. The highest BCUT2D eigenvalue weighted by Gasteiger charge is 2.11. The summed E-state index contributed by atoms with van der Waals surface area (Å²) in [6.07, 6.45) is 1.53. The van der Waals surface area contributed by atoms with E-state index in [4.69, 9.17) is 5.73 Å². The zero-order valence-electron chi connectivity index (χ0n) is 8.82. The zero-order chi connectivity index (χ0) is 12.3. The van der Waals surface area contributed by atoms with Gasteiger partial charge in [-0.2, -0.15) is 10.2 Å². The summed E-state index contributed by atoms with van der Waals surface area (Å²) in [6, 6.07) is 5.71. The van der Waals surface area contributed by atoms with Gasteiger partial charge >= 0.3 is 0 Å². The standard InChI is InChI=1S/C11H10F2N4/c12-8-3-4-9(14)11(10(8)13)15-6-7-2-1-5-16-17-7/h1-5,15H,6,14H2. The molecule has 0 saturated carbocycles. The Hall–Kier alpha value is -2.24. The van der Waals surface area contributed by atoms with Crippen molar-refractivity contribution in [3.63, 3.8) is 0 Å². The van der Waals surface area contributed by atoms with Crippen molar-refractivity contribution >= 4 is 11.4 Å². The van der Waals surface area contributed by atoms with E-state index in [-0.39, 0.29) is 17.9 Å². The van der Waals surface area contributed by atoms with Crippen molar-refractivity contribution in [3.8, 4) is 0 Å². The normalized spacial score (nSPS) is 10.2. The molecule has 4 nitrogen and oxygen atoms in total. The van der Waals surface area contributed by atoms with Crippen molar-refractivity contribution in [1.82, 2.24) is 10.2 Å². The number of halogens is 2. The minimum absolute atomic E-state index is 0.0596. The van der Waals surface area contributed by atoms with Crippen molar-refractivity contribution in [3.05, 3.63) is 47.8 Å². The fraction of sp³-hybridized carbons (Fsp3) is 0.0909. The molecule has 17 heavy (non-hydrogen) atoms. The molecule has 0 atom stereocenters. The highest BCUT2D eigenvalue weighted by atomic mass is 19.2. The van der Waals surface area contributed by atoms with Crippen LogP contribution in [0.15, 0.2) is 30.5 Å². The fourth-order valence-electron chi connectivity index (χ4n) is 1.35. The SMILES string of the molecule is Nc1ccc(F)c(F)c1NCc1cccnn1. The average molecular weight is 236 g/mol. The van der Waals surface area contributed by atoms with Crippen LogP contribution in [0.1, 0.15) is 5.69 Å². The monoisotopic (exact) mass is 236 g/mol. The topological polar surface area (TPSA) is 63.8 Å². The van der Waals surface area contributed by atoms with E-state index in [9.17, 15) is 8.78 Å². The third kappa shape index (κ3) is 2.47. The smallest absolute Gasteiger partial charge is 0.183 e. The maximum Gasteiger partial charge on any atom is 0.183 e. The van der Waals surface area contributed by atoms with Crippen LogP contribution in [-0.4, -0.2) is 10.2 Å². The molecule has 0 saturated heterocycles. The van der Waals surface area contributed by atoms with E-state index >= 15 is 0 Å². The Bertz CT molecular complexity index is 516. The number of benzene rings is 1. The van der Waals surface area contributed by atoms with Crippen LogP contribution in [0.25, 0.3) is 0 Å². The van der Waals surface area contributed by atoms with Crippen LogP contribution < -0.4 is 11.1 Å². The molecular weight excluding hydrogens is 226 g/mol. The van der Waals surface area contributed by atoms with Gasteiger partial charge in [-0.15, -0.1) is 0 Å². The van der Waals surface area contributed by atoms with E-state index in [1.807, 2.05) is 0 Å². The Balaban J connectivity index is 2.17. The summed E-state index contributed by atoms with van der Waals surface area (Å²) in [5, 5.41) is 10.2. The molecule has 2 rings (SSSR count). The number of nitrogens with one attached hydrogen (secondary N) is 1. The summed E-state index contributed by atoms with van der Waals surface area (Å²) < 4.78 is 26.4. The molecule has 0 fully saturated rings. The summed E-state index contributed by atoms with van der Waals surface area (Å²) in [7, 11) is 0.